The zero-order valence-corrected chi connectivity index (χ0v) is 10.7. The average Bonchev–Trinajstić information content (AvgIpc) is 2.52. The van der Waals surface area contributed by atoms with Crippen molar-refractivity contribution in [2.24, 2.45) is 0 Å². The van der Waals surface area contributed by atoms with Crippen molar-refractivity contribution in [2.45, 2.75) is 0 Å². The molecule has 0 aromatic carbocycles. The van der Waals surface area contributed by atoms with Crippen LogP contribution in [0.4, 0.5) is 0 Å². The van der Waals surface area contributed by atoms with Crippen molar-refractivity contribution in [1.29, 1.82) is 0 Å². The van der Waals surface area contributed by atoms with Crippen LogP contribution >= 0.6 is 0 Å². The van der Waals surface area contributed by atoms with E-state index in [9.17, 15) is 0 Å². The summed E-state index contributed by atoms with van der Waals surface area (Å²) in [6.07, 6.45) is 0. The zero-order valence-electron chi connectivity index (χ0n) is 5.53. The van der Waals surface area contributed by atoms with Crippen LogP contribution in [-0.4, -0.2) is 43.5 Å². The summed E-state index contributed by atoms with van der Waals surface area (Å²) in [7, 11) is 0. The first-order chi connectivity index (χ1) is 5.45. The molecular formula is C8H4Se3. The van der Waals surface area contributed by atoms with Crippen molar-refractivity contribution in [3.05, 3.63) is 22.0 Å². The fourth-order valence-electron chi connectivity index (χ4n) is 1.21. The van der Waals surface area contributed by atoms with Gasteiger partial charge in [0.05, 0.1) is 0 Å². The van der Waals surface area contributed by atoms with Crippen molar-refractivity contribution in [3.8, 4) is 0 Å². The van der Waals surface area contributed by atoms with Gasteiger partial charge in [-0.2, -0.15) is 0 Å². The topological polar surface area (TPSA) is 0 Å². The van der Waals surface area contributed by atoms with E-state index in [1.165, 1.54) is 0 Å². The molecule has 0 aliphatic heterocycles. The summed E-state index contributed by atoms with van der Waals surface area (Å²) in [5.74, 6) is 0. The summed E-state index contributed by atoms with van der Waals surface area (Å²) in [5.41, 5.74) is 0. The minimum absolute atomic E-state index is 0.689. The van der Waals surface area contributed by atoms with Gasteiger partial charge in [-0.15, -0.1) is 0 Å². The van der Waals surface area contributed by atoms with Crippen molar-refractivity contribution in [2.75, 3.05) is 0 Å². The summed E-state index contributed by atoms with van der Waals surface area (Å²) in [6, 6.07) is 4.72. The van der Waals surface area contributed by atoms with E-state index in [4.69, 9.17) is 0 Å². The Morgan fingerprint density at radius 3 is 1.91 bits per heavy atom. The van der Waals surface area contributed by atoms with Crippen LogP contribution in [0.5, 0.6) is 0 Å². The third kappa shape index (κ3) is 0.938. The van der Waals surface area contributed by atoms with Gasteiger partial charge in [0, 0.05) is 0 Å². The molecule has 0 unspecified atom stereocenters. The Bertz CT molecular complexity index is 452. The molecule has 0 amide bonds. The van der Waals surface area contributed by atoms with Gasteiger partial charge in [-0.3, -0.25) is 0 Å². The first-order valence-corrected chi connectivity index (χ1v) is 8.69. The summed E-state index contributed by atoms with van der Waals surface area (Å²) in [6.45, 7) is 0. The quantitative estimate of drug-likeness (QED) is 0.541. The molecule has 0 saturated heterocycles. The number of rotatable bonds is 0. The molecule has 11 heavy (non-hydrogen) atoms. The molecule has 0 saturated carbocycles. The Hall–Kier alpha value is 0.518. The van der Waals surface area contributed by atoms with Gasteiger partial charge in [0.25, 0.3) is 0 Å². The van der Waals surface area contributed by atoms with E-state index in [1.807, 2.05) is 0 Å². The van der Waals surface area contributed by atoms with E-state index in [0.717, 1.165) is 0 Å². The maximum atomic E-state index is 2.37. The van der Waals surface area contributed by atoms with Crippen molar-refractivity contribution in [3.63, 3.8) is 0 Å². The molecule has 3 aromatic heterocycles. The van der Waals surface area contributed by atoms with Gasteiger partial charge in [-0.05, 0) is 0 Å². The fourth-order valence-corrected chi connectivity index (χ4v) is 10.7. The molecule has 0 aliphatic carbocycles. The first kappa shape index (κ1) is 6.97. The third-order valence-electron chi connectivity index (χ3n) is 1.68. The molecular weight excluding hydrogens is 333 g/mol. The van der Waals surface area contributed by atoms with Crippen molar-refractivity contribution in [1.82, 2.24) is 0 Å². The van der Waals surface area contributed by atoms with Crippen LogP contribution in [0.1, 0.15) is 0 Å². The summed E-state index contributed by atoms with van der Waals surface area (Å²) < 4.78 is 6.87. The summed E-state index contributed by atoms with van der Waals surface area (Å²) in [4.78, 5) is 4.75. The Labute approximate surface area is 82.1 Å². The van der Waals surface area contributed by atoms with Crippen LogP contribution in [-0.2, 0) is 0 Å². The maximum absolute atomic E-state index is 2.37. The standard InChI is InChI=1S/C8H4Se3/c1-3-9-7-5(1)11-6-2-4-10-8(6)7/h1-4H. The molecule has 54 valence electrons. The van der Waals surface area contributed by atoms with Crippen LogP contribution in [0.25, 0.3) is 17.0 Å². The minimum atomic E-state index is 0.689. The molecule has 0 aliphatic rings. The van der Waals surface area contributed by atoms with Gasteiger partial charge >= 0.3 is 82.6 Å². The molecule has 3 rings (SSSR count). The monoisotopic (exact) mass is 340 g/mol. The van der Waals surface area contributed by atoms with E-state index in [2.05, 4.69) is 22.0 Å². The number of hydrogen-bond acceptors (Lipinski definition) is 0. The Balaban J connectivity index is 2.75. The first-order valence-electron chi connectivity index (χ1n) is 3.28. The van der Waals surface area contributed by atoms with Crippen LogP contribution < -0.4 is 0 Å². The van der Waals surface area contributed by atoms with E-state index < -0.39 is 0 Å². The molecule has 3 aromatic rings. The number of fused-ring (bicyclic) bond motifs is 3. The van der Waals surface area contributed by atoms with Crippen LogP contribution in [0.3, 0.4) is 0 Å². The van der Waals surface area contributed by atoms with Crippen LogP contribution in [0.15, 0.2) is 22.0 Å². The molecule has 0 nitrogen and oxygen atoms in total. The Kier molecular flexibility index (Phi) is 1.59. The molecule has 0 atom stereocenters. The van der Waals surface area contributed by atoms with Crippen LogP contribution in [0, 0.1) is 0 Å². The second-order valence-corrected chi connectivity index (χ2v) is 8.45. The van der Waals surface area contributed by atoms with E-state index in [-0.39, 0.29) is 0 Å². The van der Waals surface area contributed by atoms with Gasteiger partial charge in [-0.25, -0.2) is 0 Å². The van der Waals surface area contributed by atoms with Crippen LogP contribution in [0.2, 0.25) is 0 Å². The van der Waals surface area contributed by atoms with E-state index in [1.54, 1.807) is 17.0 Å². The van der Waals surface area contributed by atoms with Gasteiger partial charge in [-0.1, -0.05) is 0 Å². The fraction of sp³-hybridized carbons (Fsp3) is 0. The third-order valence-corrected chi connectivity index (χ3v) is 9.91. The molecule has 0 spiro atoms. The molecule has 0 radical (unpaired) electrons. The number of hydrogen-bond donors (Lipinski definition) is 0. The normalized spacial score (nSPS) is 11.6. The van der Waals surface area contributed by atoms with Gasteiger partial charge in [0.1, 0.15) is 0 Å². The predicted octanol–water partition coefficient (Wildman–Crippen LogP) is 1.16. The molecule has 0 bridgehead atoms. The van der Waals surface area contributed by atoms with Gasteiger partial charge < -0.3 is 0 Å². The Morgan fingerprint density at radius 1 is 0.818 bits per heavy atom. The Morgan fingerprint density at radius 2 is 1.36 bits per heavy atom. The molecule has 0 N–H and O–H groups in total. The predicted molar refractivity (Wildman–Crippen MR) is 52.3 cm³/mol. The summed E-state index contributed by atoms with van der Waals surface area (Å²) in [5, 5.41) is 0. The zero-order chi connectivity index (χ0) is 7.26. The molecule has 3 heterocycles. The van der Waals surface area contributed by atoms with Gasteiger partial charge in [0.15, 0.2) is 0 Å². The van der Waals surface area contributed by atoms with E-state index in [0.29, 0.717) is 43.5 Å². The molecule has 3 heteroatoms. The van der Waals surface area contributed by atoms with E-state index >= 15 is 0 Å². The van der Waals surface area contributed by atoms with Gasteiger partial charge in [0.2, 0.25) is 0 Å². The summed E-state index contributed by atoms with van der Waals surface area (Å²) >= 11 is 2.08. The molecule has 0 fully saturated rings. The van der Waals surface area contributed by atoms with Crippen molar-refractivity contribution < 1.29 is 0 Å². The average molecular weight is 337 g/mol. The second-order valence-electron chi connectivity index (χ2n) is 2.33. The second kappa shape index (κ2) is 2.50. The SMILES string of the molecule is c1cc2[se]c3cc[se]c3c2[se]1. The van der Waals surface area contributed by atoms with Crippen molar-refractivity contribution >= 4 is 60.6 Å².